The lowest BCUT2D eigenvalue weighted by Crippen LogP contribution is -2.28. The fraction of sp³-hybridized carbons (Fsp3) is 0.500. The van der Waals surface area contributed by atoms with Crippen LogP contribution in [0, 0.1) is 18.3 Å². The van der Waals surface area contributed by atoms with Crippen LogP contribution < -0.4 is 4.72 Å². The first kappa shape index (κ1) is 12.1. The van der Waals surface area contributed by atoms with Gasteiger partial charge in [0, 0.05) is 11.1 Å². The highest BCUT2D eigenvalue weighted by molar-refractivity contribution is 7.89. The van der Waals surface area contributed by atoms with Gasteiger partial charge in [-0.05, 0) is 13.8 Å². The van der Waals surface area contributed by atoms with Crippen molar-refractivity contribution in [3.8, 4) is 6.07 Å². The molecule has 1 atom stereocenters. The highest BCUT2D eigenvalue weighted by Crippen LogP contribution is 2.19. The lowest BCUT2D eigenvalue weighted by molar-refractivity contribution is 0.570. The van der Waals surface area contributed by atoms with E-state index in [0.29, 0.717) is 5.01 Å². The lowest BCUT2D eigenvalue weighted by Gasteiger charge is -2.09. The monoisotopic (exact) mass is 245 g/mol. The number of nitriles is 1. The van der Waals surface area contributed by atoms with Gasteiger partial charge >= 0.3 is 0 Å². The average molecular weight is 245 g/mol. The molecular weight excluding hydrogens is 234 g/mol. The minimum absolute atomic E-state index is 0.387. The molecule has 1 aromatic rings. The van der Waals surface area contributed by atoms with E-state index in [0.717, 1.165) is 4.88 Å². The summed E-state index contributed by atoms with van der Waals surface area (Å²) in [6.45, 7) is 3.60. The molecule has 1 heterocycles. The van der Waals surface area contributed by atoms with Crippen LogP contribution in [-0.4, -0.2) is 19.2 Å². The van der Waals surface area contributed by atoms with Gasteiger partial charge in [-0.25, -0.2) is 18.1 Å². The zero-order chi connectivity index (χ0) is 11.5. The van der Waals surface area contributed by atoms with Crippen molar-refractivity contribution in [1.82, 2.24) is 9.71 Å². The maximum absolute atomic E-state index is 11.3. The van der Waals surface area contributed by atoms with Crippen molar-refractivity contribution < 1.29 is 8.42 Å². The Hall–Kier alpha value is -0.970. The van der Waals surface area contributed by atoms with Crippen LogP contribution in [0.1, 0.15) is 22.9 Å². The maximum atomic E-state index is 11.3. The number of thiazole rings is 1. The molecule has 0 spiro atoms. The topological polar surface area (TPSA) is 82.8 Å². The Morgan fingerprint density at radius 2 is 2.40 bits per heavy atom. The SMILES string of the molecule is Cc1cnc(C(C)NS(=O)(=O)CC#N)s1. The molecule has 0 fully saturated rings. The molecular formula is C8H11N3O2S2. The largest absolute Gasteiger partial charge is 0.248 e. The van der Waals surface area contributed by atoms with Crippen LogP contribution in [0.15, 0.2) is 6.20 Å². The van der Waals surface area contributed by atoms with E-state index >= 15 is 0 Å². The minimum atomic E-state index is -3.51. The number of nitrogens with one attached hydrogen (secondary N) is 1. The molecule has 0 aliphatic rings. The Bertz CT molecular complexity index is 472. The minimum Gasteiger partial charge on any atom is -0.248 e. The molecule has 5 nitrogen and oxygen atoms in total. The van der Waals surface area contributed by atoms with Crippen LogP contribution in [0.25, 0.3) is 0 Å². The first-order valence-electron chi connectivity index (χ1n) is 4.24. The van der Waals surface area contributed by atoms with Gasteiger partial charge in [-0.3, -0.25) is 0 Å². The van der Waals surface area contributed by atoms with Crippen LogP contribution in [-0.2, 0) is 10.0 Å². The molecule has 1 N–H and O–H groups in total. The molecule has 0 radical (unpaired) electrons. The van der Waals surface area contributed by atoms with Crippen LogP contribution in [0.4, 0.5) is 0 Å². The van der Waals surface area contributed by atoms with E-state index in [4.69, 9.17) is 5.26 Å². The summed E-state index contributed by atoms with van der Waals surface area (Å²) in [6.07, 6.45) is 1.69. The van der Waals surface area contributed by atoms with Crippen molar-refractivity contribution in [3.63, 3.8) is 0 Å². The fourth-order valence-electron chi connectivity index (χ4n) is 1.02. The summed E-state index contributed by atoms with van der Waals surface area (Å²) in [5.41, 5.74) is 0. The second kappa shape index (κ2) is 4.70. The van der Waals surface area contributed by atoms with Gasteiger partial charge in [-0.15, -0.1) is 11.3 Å². The molecule has 0 aromatic carbocycles. The first-order chi connectivity index (χ1) is 6.94. The molecule has 15 heavy (non-hydrogen) atoms. The van der Waals surface area contributed by atoms with Crippen LogP contribution in [0.5, 0.6) is 0 Å². The van der Waals surface area contributed by atoms with E-state index in [-0.39, 0.29) is 6.04 Å². The Morgan fingerprint density at radius 3 is 2.87 bits per heavy atom. The van der Waals surface area contributed by atoms with Gasteiger partial charge in [0.1, 0.15) is 5.01 Å². The van der Waals surface area contributed by atoms with Crippen LogP contribution >= 0.6 is 11.3 Å². The Labute approximate surface area is 92.8 Å². The zero-order valence-electron chi connectivity index (χ0n) is 8.39. The second-order valence-electron chi connectivity index (χ2n) is 3.07. The summed E-state index contributed by atoms with van der Waals surface area (Å²) in [5.74, 6) is -0.526. The molecule has 1 unspecified atom stereocenters. The van der Waals surface area contributed by atoms with Gasteiger partial charge in [-0.1, -0.05) is 0 Å². The van der Waals surface area contributed by atoms with Gasteiger partial charge in [0.2, 0.25) is 10.0 Å². The van der Waals surface area contributed by atoms with Gasteiger partial charge in [0.15, 0.2) is 5.75 Å². The molecule has 7 heteroatoms. The summed E-state index contributed by atoms with van der Waals surface area (Å²) in [5, 5.41) is 9.01. The van der Waals surface area contributed by atoms with E-state index < -0.39 is 15.8 Å². The van der Waals surface area contributed by atoms with Crippen LogP contribution in [0.3, 0.4) is 0 Å². The van der Waals surface area contributed by atoms with E-state index in [1.54, 1.807) is 19.2 Å². The number of hydrogen-bond donors (Lipinski definition) is 1. The third-order valence-electron chi connectivity index (χ3n) is 1.62. The zero-order valence-corrected chi connectivity index (χ0v) is 10.0. The highest BCUT2D eigenvalue weighted by Gasteiger charge is 2.17. The van der Waals surface area contributed by atoms with Gasteiger partial charge in [0.05, 0.1) is 12.1 Å². The van der Waals surface area contributed by atoms with Gasteiger partial charge in [-0.2, -0.15) is 5.26 Å². The molecule has 0 amide bonds. The van der Waals surface area contributed by atoms with Crippen molar-refractivity contribution in [3.05, 3.63) is 16.1 Å². The summed E-state index contributed by atoms with van der Waals surface area (Å²) in [4.78, 5) is 5.09. The van der Waals surface area contributed by atoms with E-state index in [2.05, 4.69) is 9.71 Å². The number of sulfonamides is 1. The Balaban J connectivity index is 2.72. The first-order valence-corrected chi connectivity index (χ1v) is 6.71. The molecule has 0 saturated heterocycles. The molecule has 0 aliphatic heterocycles. The maximum Gasteiger partial charge on any atom is 0.225 e. The predicted octanol–water partition coefficient (Wildman–Crippen LogP) is 0.956. The van der Waals surface area contributed by atoms with Crippen molar-refractivity contribution in [1.29, 1.82) is 5.26 Å². The lowest BCUT2D eigenvalue weighted by atomic mass is 10.4. The number of nitrogens with zero attached hydrogens (tertiary/aromatic N) is 2. The molecule has 0 aliphatic carbocycles. The highest BCUT2D eigenvalue weighted by atomic mass is 32.2. The van der Waals surface area contributed by atoms with E-state index in [1.807, 2.05) is 6.92 Å². The Kier molecular flexibility index (Phi) is 3.79. The molecule has 0 saturated carbocycles. The van der Waals surface area contributed by atoms with Crippen molar-refractivity contribution in [2.24, 2.45) is 0 Å². The molecule has 1 rings (SSSR count). The predicted molar refractivity (Wildman–Crippen MR) is 57.8 cm³/mol. The third kappa shape index (κ3) is 3.58. The van der Waals surface area contributed by atoms with Gasteiger partial charge in [0.25, 0.3) is 0 Å². The molecule has 82 valence electrons. The third-order valence-corrected chi connectivity index (χ3v) is 3.94. The number of aromatic nitrogens is 1. The summed E-state index contributed by atoms with van der Waals surface area (Å²) in [7, 11) is -3.51. The smallest absolute Gasteiger partial charge is 0.225 e. The van der Waals surface area contributed by atoms with Crippen LogP contribution in [0.2, 0.25) is 0 Å². The fourth-order valence-corrected chi connectivity index (χ4v) is 2.77. The summed E-state index contributed by atoms with van der Waals surface area (Å²) >= 11 is 1.43. The Morgan fingerprint density at radius 1 is 1.73 bits per heavy atom. The quantitative estimate of drug-likeness (QED) is 0.856. The van der Waals surface area contributed by atoms with Crippen molar-refractivity contribution in [2.45, 2.75) is 19.9 Å². The molecule has 0 bridgehead atoms. The van der Waals surface area contributed by atoms with E-state index in [9.17, 15) is 8.42 Å². The number of rotatable bonds is 4. The number of aryl methyl sites for hydroxylation is 1. The summed E-state index contributed by atoms with van der Waals surface area (Å²) in [6, 6.07) is 1.22. The summed E-state index contributed by atoms with van der Waals surface area (Å²) < 4.78 is 24.9. The van der Waals surface area contributed by atoms with Crippen molar-refractivity contribution >= 4 is 21.4 Å². The van der Waals surface area contributed by atoms with Gasteiger partial charge < -0.3 is 0 Å². The standard InChI is InChI=1S/C8H11N3O2S2/c1-6-5-10-8(14-6)7(2)11-15(12,13)4-3-9/h5,7,11H,4H2,1-2H3. The normalized spacial score (nSPS) is 13.4. The van der Waals surface area contributed by atoms with Crippen molar-refractivity contribution in [2.75, 3.05) is 5.75 Å². The number of hydrogen-bond acceptors (Lipinski definition) is 5. The molecule has 1 aromatic heterocycles. The average Bonchev–Trinajstić information content (AvgIpc) is 2.50. The second-order valence-corrected chi connectivity index (χ2v) is 6.09. The van der Waals surface area contributed by atoms with E-state index in [1.165, 1.54) is 11.3 Å².